The van der Waals surface area contributed by atoms with Crippen LogP contribution in [0.25, 0.3) is 0 Å². The van der Waals surface area contributed by atoms with Crippen molar-refractivity contribution in [3.63, 3.8) is 0 Å². The number of ether oxygens (including phenoxy) is 2. The zero-order valence-corrected chi connectivity index (χ0v) is 20.3. The summed E-state index contributed by atoms with van der Waals surface area (Å²) in [7, 11) is 1.80. The number of rotatable bonds is 8. The molecule has 0 saturated carbocycles. The maximum Gasteiger partial charge on any atom is 0.191 e. The molecule has 1 aromatic carbocycles. The minimum absolute atomic E-state index is 0. The lowest BCUT2D eigenvalue weighted by molar-refractivity contribution is 0.0203. The first kappa shape index (κ1) is 25.1. The number of halogens is 2. The second-order valence-corrected chi connectivity index (χ2v) is 7.89. The first-order chi connectivity index (χ1) is 14.2. The van der Waals surface area contributed by atoms with Crippen molar-refractivity contribution >= 4 is 35.6 Å². The highest BCUT2D eigenvalue weighted by Crippen LogP contribution is 2.20. The van der Waals surface area contributed by atoms with Gasteiger partial charge in [-0.25, -0.2) is 4.39 Å². The summed E-state index contributed by atoms with van der Waals surface area (Å²) in [5.74, 6) is 1.29. The van der Waals surface area contributed by atoms with Crippen LogP contribution in [-0.4, -0.2) is 65.1 Å². The van der Waals surface area contributed by atoms with E-state index in [4.69, 9.17) is 9.47 Å². The van der Waals surface area contributed by atoms with Crippen molar-refractivity contribution in [3.05, 3.63) is 30.1 Å². The first-order valence-corrected chi connectivity index (χ1v) is 10.9. The van der Waals surface area contributed by atoms with Crippen molar-refractivity contribution in [1.29, 1.82) is 0 Å². The molecule has 8 heteroatoms. The van der Waals surface area contributed by atoms with Gasteiger partial charge in [0, 0.05) is 64.8 Å². The van der Waals surface area contributed by atoms with Crippen LogP contribution in [0.5, 0.6) is 0 Å². The molecule has 2 fully saturated rings. The Bertz CT molecular complexity index is 643. The van der Waals surface area contributed by atoms with Gasteiger partial charge in [0.15, 0.2) is 5.96 Å². The molecule has 1 atom stereocenters. The first-order valence-electron chi connectivity index (χ1n) is 10.9. The fourth-order valence-corrected chi connectivity index (χ4v) is 3.93. The lowest BCUT2D eigenvalue weighted by Crippen LogP contribution is -2.51. The number of hydrogen-bond donors (Lipinski definition) is 2. The van der Waals surface area contributed by atoms with Crippen LogP contribution in [0.2, 0.25) is 0 Å². The van der Waals surface area contributed by atoms with Crippen LogP contribution < -0.4 is 15.5 Å². The number of nitrogens with zero attached hydrogens (tertiary/aromatic N) is 2. The van der Waals surface area contributed by atoms with Gasteiger partial charge in [0.05, 0.1) is 0 Å². The van der Waals surface area contributed by atoms with E-state index in [1.807, 2.05) is 6.07 Å². The van der Waals surface area contributed by atoms with Gasteiger partial charge in [-0.3, -0.25) is 4.99 Å². The third kappa shape index (κ3) is 8.55. The Hall–Kier alpha value is -1.13. The number of guanidine groups is 1. The van der Waals surface area contributed by atoms with Gasteiger partial charge in [-0.2, -0.15) is 0 Å². The Balaban J connectivity index is 0.00000320. The summed E-state index contributed by atoms with van der Waals surface area (Å²) in [6, 6.07) is 7.13. The summed E-state index contributed by atoms with van der Waals surface area (Å²) in [6.45, 7) is 5.97. The van der Waals surface area contributed by atoms with Gasteiger partial charge in [-0.05, 0) is 56.2 Å². The van der Waals surface area contributed by atoms with E-state index in [1.165, 1.54) is 6.07 Å². The predicted molar refractivity (Wildman–Crippen MR) is 131 cm³/mol. The van der Waals surface area contributed by atoms with Gasteiger partial charge in [0.1, 0.15) is 5.82 Å². The highest BCUT2D eigenvalue weighted by atomic mass is 127. The van der Waals surface area contributed by atoms with E-state index in [2.05, 4.69) is 20.5 Å². The van der Waals surface area contributed by atoms with Crippen molar-refractivity contribution in [2.24, 2.45) is 10.9 Å². The van der Waals surface area contributed by atoms with Crippen molar-refractivity contribution in [2.45, 2.75) is 38.1 Å². The minimum atomic E-state index is -0.186. The molecule has 30 heavy (non-hydrogen) atoms. The molecule has 0 radical (unpaired) electrons. The number of anilines is 1. The molecule has 0 aromatic heterocycles. The van der Waals surface area contributed by atoms with E-state index in [0.29, 0.717) is 12.0 Å². The van der Waals surface area contributed by atoms with Gasteiger partial charge in [0.2, 0.25) is 0 Å². The Labute approximate surface area is 197 Å². The molecule has 0 amide bonds. The van der Waals surface area contributed by atoms with E-state index in [0.717, 1.165) is 89.8 Å². The normalized spacial score (nSPS) is 20.5. The molecular formula is C22H36FIN4O2. The summed E-state index contributed by atoms with van der Waals surface area (Å²) in [5.41, 5.74) is 0.945. The second-order valence-electron chi connectivity index (χ2n) is 7.89. The Morgan fingerprint density at radius 2 is 2.13 bits per heavy atom. The van der Waals surface area contributed by atoms with Crippen molar-refractivity contribution < 1.29 is 13.9 Å². The van der Waals surface area contributed by atoms with Crippen LogP contribution in [0.1, 0.15) is 32.1 Å². The van der Waals surface area contributed by atoms with Crippen molar-refractivity contribution in [2.75, 3.05) is 58.0 Å². The molecule has 2 N–H and O–H groups in total. The summed E-state index contributed by atoms with van der Waals surface area (Å²) in [4.78, 5) is 6.58. The number of piperidine rings is 1. The van der Waals surface area contributed by atoms with Crippen molar-refractivity contribution in [3.8, 4) is 0 Å². The zero-order valence-electron chi connectivity index (χ0n) is 17.9. The van der Waals surface area contributed by atoms with Gasteiger partial charge >= 0.3 is 0 Å². The molecule has 6 nitrogen and oxygen atoms in total. The van der Waals surface area contributed by atoms with Gasteiger partial charge < -0.3 is 25.0 Å². The third-order valence-electron chi connectivity index (χ3n) is 5.61. The van der Waals surface area contributed by atoms with E-state index >= 15 is 0 Å². The van der Waals surface area contributed by atoms with E-state index in [1.54, 1.807) is 19.2 Å². The number of hydrogen-bond acceptors (Lipinski definition) is 4. The largest absolute Gasteiger partial charge is 0.381 e. The summed E-state index contributed by atoms with van der Waals surface area (Å²) in [6.07, 6.45) is 5.33. The molecule has 0 aliphatic carbocycles. The molecule has 0 bridgehead atoms. The monoisotopic (exact) mass is 534 g/mol. The lowest BCUT2D eigenvalue weighted by atomic mass is 10.0. The highest BCUT2D eigenvalue weighted by molar-refractivity contribution is 14.0. The van der Waals surface area contributed by atoms with E-state index in [-0.39, 0.29) is 29.8 Å². The van der Waals surface area contributed by atoms with Gasteiger partial charge in [0.25, 0.3) is 0 Å². The van der Waals surface area contributed by atoms with Gasteiger partial charge in [-0.1, -0.05) is 6.07 Å². The van der Waals surface area contributed by atoms with Crippen molar-refractivity contribution in [1.82, 2.24) is 10.6 Å². The summed E-state index contributed by atoms with van der Waals surface area (Å²) in [5, 5.41) is 6.89. The van der Waals surface area contributed by atoms with Crippen LogP contribution in [0.3, 0.4) is 0 Å². The van der Waals surface area contributed by atoms with Crippen LogP contribution in [0.15, 0.2) is 29.3 Å². The minimum Gasteiger partial charge on any atom is -0.381 e. The molecule has 2 aliphatic heterocycles. The molecule has 3 rings (SSSR count). The summed E-state index contributed by atoms with van der Waals surface area (Å²) >= 11 is 0. The third-order valence-corrected chi connectivity index (χ3v) is 5.61. The number of nitrogens with one attached hydrogen (secondary N) is 2. The maximum absolute atomic E-state index is 13.5. The SMILES string of the molecule is CN=C(NCCCOCC1CCOCC1)NC1CCCN(c2cccc(F)c2)C1.I. The smallest absolute Gasteiger partial charge is 0.191 e. The topological polar surface area (TPSA) is 58.1 Å². The average molecular weight is 534 g/mol. The Morgan fingerprint density at radius 1 is 1.30 bits per heavy atom. The van der Waals surface area contributed by atoms with Crippen LogP contribution in [0.4, 0.5) is 10.1 Å². The molecular weight excluding hydrogens is 498 g/mol. The standard InChI is InChI=1S/C22H35FN4O2.HI/c1-24-22(25-10-4-12-29-17-18-8-13-28-14-9-18)26-20-6-3-11-27(16-20)21-7-2-5-19(23)15-21;/h2,5,7,15,18,20H,3-4,6,8-14,16-17H2,1H3,(H2,24,25,26);1H. The molecule has 1 aromatic rings. The van der Waals surface area contributed by atoms with Gasteiger partial charge in [-0.15, -0.1) is 24.0 Å². The molecule has 2 saturated heterocycles. The summed E-state index contributed by atoms with van der Waals surface area (Å²) < 4.78 is 24.7. The highest BCUT2D eigenvalue weighted by Gasteiger charge is 2.21. The maximum atomic E-state index is 13.5. The zero-order chi connectivity index (χ0) is 20.3. The number of benzene rings is 1. The number of aliphatic imine (C=N–C) groups is 1. The molecule has 1 unspecified atom stereocenters. The fourth-order valence-electron chi connectivity index (χ4n) is 3.93. The van der Waals surface area contributed by atoms with Crippen LogP contribution in [0, 0.1) is 11.7 Å². The molecule has 170 valence electrons. The lowest BCUT2D eigenvalue weighted by Gasteiger charge is -2.35. The van der Waals surface area contributed by atoms with E-state index < -0.39 is 0 Å². The van der Waals surface area contributed by atoms with Crippen LogP contribution >= 0.6 is 24.0 Å². The molecule has 0 spiro atoms. The molecule has 2 aliphatic rings. The second kappa shape index (κ2) is 14.0. The average Bonchev–Trinajstić information content (AvgIpc) is 2.76. The van der Waals surface area contributed by atoms with E-state index in [9.17, 15) is 4.39 Å². The van der Waals surface area contributed by atoms with Crippen LogP contribution in [-0.2, 0) is 9.47 Å². The quantitative estimate of drug-likeness (QED) is 0.232. The Morgan fingerprint density at radius 3 is 2.90 bits per heavy atom. The Kier molecular flexibility index (Phi) is 11.8. The predicted octanol–water partition coefficient (Wildman–Crippen LogP) is 3.41. The fraction of sp³-hybridized carbons (Fsp3) is 0.682. The molecule has 2 heterocycles.